The van der Waals surface area contributed by atoms with Gasteiger partial charge in [0.05, 0.1) is 26.0 Å². The largest absolute Gasteiger partial charge is 0.497 e. The Hall–Kier alpha value is -2.07. The fraction of sp³-hybridized carbons (Fsp3) is 0.214. The highest BCUT2D eigenvalue weighted by molar-refractivity contribution is 5.36. The summed E-state index contributed by atoms with van der Waals surface area (Å²) in [4.78, 5) is 4.17. The van der Waals surface area contributed by atoms with Crippen molar-refractivity contribution >= 4 is 5.69 Å². The van der Waals surface area contributed by atoms with E-state index in [1.54, 1.807) is 19.4 Å². The third kappa shape index (κ3) is 3.46. The number of pyridine rings is 1. The molecule has 0 saturated heterocycles. The molecule has 0 aliphatic rings. The number of hydrogen-bond donors (Lipinski definition) is 1. The van der Waals surface area contributed by atoms with Gasteiger partial charge in [-0.3, -0.25) is 4.98 Å². The van der Waals surface area contributed by atoms with Gasteiger partial charge in [-0.2, -0.15) is 0 Å². The maximum Gasteiger partial charge on any atom is 0.118 e. The fourth-order valence-corrected chi connectivity index (χ4v) is 1.57. The van der Waals surface area contributed by atoms with Gasteiger partial charge in [-0.1, -0.05) is 12.1 Å². The number of nitrogen functional groups attached to an aromatic ring is 1. The van der Waals surface area contributed by atoms with E-state index in [9.17, 15) is 0 Å². The Labute approximate surface area is 106 Å². The van der Waals surface area contributed by atoms with Crippen LogP contribution in [0.15, 0.2) is 42.6 Å². The molecule has 0 saturated carbocycles. The lowest BCUT2D eigenvalue weighted by Gasteiger charge is -2.05. The molecule has 0 unspecified atom stereocenters. The van der Waals surface area contributed by atoms with Crippen LogP contribution in [0.1, 0.15) is 11.3 Å². The van der Waals surface area contributed by atoms with Gasteiger partial charge in [0.2, 0.25) is 0 Å². The normalized spacial score (nSPS) is 10.3. The number of anilines is 1. The molecule has 4 heteroatoms. The number of methoxy groups -OCH3 is 1. The van der Waals surface area contributed by atoms with E-state index >= 15 is 0 Å². The summed E-state index contributed by atoms with van der Waals surface area (Å²) in [5.41, 5.74) is 8.30. The molecule has 2 aromatic rings. The smallest absolute Gasteiger partial charge is 0.118 e. The molecule has 2 N–H and O–H groups in total. The van der Waals surface area contributed by atoms with Crippen LogP contribution in [0.4, 0.5) is 5.69 Å². The minimum absolute atomic E-state index is 0.455. The highest BCUT2D eigenvalue weighted by atomic mass is 16.5. The van der Waals surface area contributed by atoms with Gasteiger partial charge in [0.1, 0.15) is 5.75 Å². The highest BCUT2D eigenvalue weighted by Crippen LogP contribution is 2.12. The Morgan fingerprint density at radius 2 is 1.89 bits per heavy atom. The maximum atomic E-state index is 5.66. The summed E-state index contributed by atoms with van der Waals surface area (Å²) in [6.07, 6.45) is 1.68. The number of nitrogens with two attached hydrogens (primary N) is 1. The van der Waals surface area contributed by atoms with Gasteiger partial charge in [-0.05, 0) is 29.8 Å². The van der Waals surface area contributed by atoms with E-state index < -0.39 is 0 Å². The van der Waals surface area contributed by atoms with Gasteiger partial charge < -0.3 is 15.2 Å². The van der Waals surface area contributed by atoms with E-state index in [4.69, 9.17) is 15.2 Å². The predicted molar refractivity (Wildman–Crippen MR) is 70.1 cm³/mol. The molecule has 0 amide bonds. The van der Waals surface area contributed by atoms with Crippen molar-refractivity contribution in [3.05, 3.63) is 53.9 Å². The second-order valence-electron chi connectivity index (χ2n) is 3.92. The predicted octanol–water partition coefficient (Wildman–Crippen LogP) is 2.39. The summed E-state index contributed by atoms with van der Waals surface area (Å²) in [6, 6.07) is 11.4. The molecular weight excluding hydrogens is 228 g/mol. The number of ether oxygens (including phenoxy) is 2. The SMILES string of the molecule is COc1ccc(COCc2cc(N)ccn2)cc1. The van der Waals surface area contributed by atoms with E-state index in [-0.39, 0.29) is 0 Å². The quantitative estimate of drug-likeness (QED) is 0.877. The van der Waals surface area contributed by atoms with Crippen LogP contribution >= 0.6 is 0 Å². The lowest BCUT2D eigenvalue weighted by molar-refractivity contribution is 0.104. The van der Waals surface area contributed by atoms with Crippen LogP contribution in [0.5, 0.6) is 5.75 Å². The number of benzene rings is 1. The highest BCUT2D eigenvalue weighted by Gasteiger charge is 1.98. The van der Waals surface area contributed by atoms with Crippen LogP contribution in [0, 0.1) is 0 Å². The lowest BCUT2D eigenvalue weighted by atomic mass is 10.2. The molecule has 2 rings (SSSR count). The van der Waals surface area contributed by atoms with Crippen LogP contribution in [0.2, 0.25) is 0 Å². The van der Waals surface area contributed by atoms with Gasteiger partial charge in [0.25, 0.3) is 0 Å². The van der Waals surface area contributed by atoms with Gasteiger partial charge >= 0.3 is 0 Å². The molecule has 94 valence electrons. The number of rotatable bonds is 5. The molecule has 0 aliphatic heterocycles. The van der Waals surface area contributed by atoms with Crippen molar-refractivity contribution in [2.24, 2.45) is 0 Å². The molecular formula is C14H16N2O2. The average molecular weight is 244 g/mol. The van der Waals surface area contributed by atoms with Crippen molar-refractivity contribution in [1.29, 1.82) is 0 Å². The van der Waals surface area contributed by atoms with E-state index in [2.05, 4.69) is 4.98 Å². The standard InChI is InChI=1S/C14H16N2O2/c1-17-14-4-2-11(3-5-14)9-18-10-13-8-12(15)6-7-16-13/h2-8H,9-10H2,1H3,(H2,15,16). The first-order chi connectivity index (χ1) is 8.78. The molecule has 1 heterocycles. The lowest BCUT2D eigenvalue weighted by Crippen LogP contribution is -1.97. The Morgan fingerprint density at radius 3 is 2.56 bits per heavy atom. The molecule has 1 aromatic carbocycles. The molecule has 18 heavy (non-hydrogen) atoms. The minimum atomic E-state index is 0.455. The summed E-state index contributed by atoms with van der Waals surface area (Å²) in [7, 11) is 1.65. The molecule has 1 aromatic heterocycles. The van der Waals surface area contributed by atoms with Crippen LogP contribution in [-0.4, -0.2) is 12.1 Å². The van der Waals surface area contributed by atoms with Crippen molar-refractivity contribution in [2.45, 2.75) is 13.2 Å². The first kappa shape index (κ1) is 12.4. The number of aromatic nitrogens is 1. The molecule has 0 radical (unpaired) electrons. The van der Waals surface area contributed by atoms with Crippen LogP contribution in [0.3, 0.4) is 0 Å². The fourth-order valence-electron chi connectivity index (χ4n) is 1.57. The van der Waals surface area contributed by atoms with Crippen LogP contribution in [0.25, 0.3) is 0 Å². The van der Waals surface area contributed by atoms with Crippen LogP contribution in [-0.2, 0) is 18.0 Å². The third-order valence-corrected chi connectivity index (χ3v) is 2.52. The average Bonchev–Trinajstić information content (AvgIpc) is 2.40. The topological polar surface area (TPSA) is 57.4 Å². The number of nitrogens with zero attached hydrogens (tertiary/aromatic N) is 1. The van der Waals surface area contributed by atoms with Gasteiger partial charge in [0.15, 0.2) is 0 Å². The molecule has 0 bridgehead atoms. The maximum absolute atomic E-state index is 5.66. The van der Waals surface area contributed by atoms with Crippen molar-refractivity contribution in [3.8, 4) is 5.75 Å². The van der Waals surface area contributed by atoms with Gasteiger partial charge in [0, 0.05) is 11.9 Å². The zero-order chi connectivity index (χ0) is 12.8. The Kier molecular flexibility index (Phi) is 4.15. The van der Waals surface area contributed by atoms with E-state index in [0.29, 0.717) is 18.9 Å². The van der Waals surface area contributed by atoms with Gasteiger partial charge in [-0.25, -0.2) is 0 Å². The van der Waals surface area contributed by atoms with Crippen molar-refractivity contribution < 1.29 is 9.47 Å². The summed E-state index contributed by atoms with van der Waals surface area (Å²) in [5.74, 6) is 0.844. The van der Waals surface area contributed by atoms with Gasteiger partial charge in [-0.15, -0.1) is 0 Å². The summed E-state index contributed by atoms with van der Waals surface area (Å²) < 4.78 is 10.7. The zero-order valence-electron chi connectivity index (χ0n) is 10.3. The molecule has 0 spiro atoms. The molecule has 4 nitrogen and oxygen atoms in total. The van der Waals surface area contributed by atoms with E-state index in [1.165, 1.54) is 0 Å². The van der Waals surface area contributed by atoms with Crippen molar-refractivity contribution in [2.75, 3.05) is 12.8 Å². The number of hydrogen-bond acceptors (Lipinski definition) is 4. The first-order valence-corrected chi connectivity index (χ1v) is 5.69. The molecule has 0 aliphatic carbocycles. The monoisotopic (exact) mass is 244 g/mol. The second kappa shape index (κ2) is 6.02. The van der Waals surface area contributed by atoms with Crippen LogP contribution < -0.4 is 10.5 Å². The summed E-state index contributed by atoms with van der Waals surface area (Å²) in [6.45, 7) is 0.998. The van der Waals surface area contributed by atoms with Crippen molar-refractivity contribution in [1.82, 2.24) is 4.98 Å². The Morgan fingerprint density at radius 1 is 1.11 bits per heavy atom. The summed E-state index contributed by atoms with van der Waals surface area (Å²) >= 11 is 0. The molecule has 0 fully saturated rings. The third-order valence-electron chi connectivity index (χ3n) is 2.52. The van der Waals surface area contributed by atoms with Crippen molar-refractivity contribution in [3.63, 3.8) is 0 Å². The van der Waals surface area contributed by atoms with E-state index in [1.807, 2.05) is 30.3 Å². The zero-order valence-corrected chi connectivity index (χ0v) is 10.3. The summed E-state index contributed by atoms with van der Waals surface area (Å²) in [5, 5.41) is 0. The second-order valence-corrected chi connectivity index (χ2v) is 3.92. The first-order valence-electron chi connectivity index (χ1n) is 5.69. The molecule has 0 atom stereocenters. The Bertz CT molecular complexity index is 497. The minimum Gasteiger partial charge on any atom is -0.497 e. The Balaban J connectivity index is 1.84. The van der Waals surface area contributed by atoms with E-state index in [0.717, 1.165) is 17.0 Å².